The molecule has 0 aliphatic heterocycles. The van der Waals surface area contributed by atoms with Crippen LogP contribution in [0.5, 0.6) is 0 Å². The Labute approximate surface area is 173 Å². The summed E-state index contributed by atoms with van der Waals surface area (Å²) in [5.41, 5.74) is 0.206. The molecule has 1 nitrogen and oxygen atoms in total. The predicted molar refractivity (Wildman–Crippen MR) is 123 cm³/mol. The molecule has 1 N–H and O–H groups in total. The van der Waals surface area contributed by atoms with Gasteiger partial charge in [-0.1, -0.05) is 130 Å². The summed E-state index contributed by atoms with van der Waals surface area (Å²) in [6.07, 6.45) is 26.0. The Bertz CT molecular complexity index is 270. The highest BCUT2D eigenvalue weighted by atomic mass is 16.3. The Hall–Kier alpha value is -0.0400. The summed E-state index contributed by atoms with van der Waals surface area (Å²) in [4.78, 5) is 0. The number of aliphatic hydroxyl groups is 1. The Kier molecular flexibility index (Phi) is 19.3. The van der Waals surface area contributed by atoms with Crippen LogP contribution in [0.4, 0.5) is 0 Å². The fraction of sp³-hybridized carbons (Fsp3) is 1.00. The Balaban J connectivity index is 4.61. The van der Waals surface area contributed by atoms with E-state index in [1.807, 2.05) is 0 Å². The summed E-state index contributed by atoms with van der Waals surface area (Å²) in [6, 6.07) is 0. The van der Waals surface area contributed by atoms with Gasteiger partial charge >= 0.3 is 0 Å². The van der Waals surface area contributed by atoms with Gasteiger partial charge in [-0.3, -0.25) is 0 Å². The van der Waals surface area contributed by atoms with E-state index in [-0.39, 0.29) is 11.5 Å². The predicted octanol–water partition coefficient (Wildman–Crippen LogP) is 9.22. The van der Waals surface area contributed by atoms with Crippen LogP contribution < -0.4 is 0 Å². The Morgan fingerprint density at radius 3 is 1.33 bits per heavy atom. The van der Waals surface area contributed by atoms with Crippen molar-refractivity contribution in [3.63, 3.8) is 0 Å². The van der Waals surface area contributed by atoms with Gasteiger partial charge in [-0.15, -0.1) is 0 Å². The van der Waals surface area contributed by atoms with Crippen LogP contribution in [0.15, 0.2) is 0 Å². The number of hydrogen-bond acceptors (Lipinski definition) is 1. The van der Waals surface area contributed by atoms with Crippen molar-refractivity contribution >= 4 is 0 Å². The van der Waals surface area contributed by atoms with E-state index in [0.29, 0.717) is 0 Å². The highest BCUT2D eigenvalue weighted by Crippen LogP contribution is 2.41. The second kappa shape index (κ2) is 19.3. The fourth-order valence-electron chi connectivity index (χ4n) is 4.78. The van der Waals surface area contributed by atoms with Gasteiger partial charge < -0.3 is 5.11 Å². The first kappa shape index (κ1) is 27.0. The van der Waals surface area contributed by atoms with Crippen molar-refractivity contribution in [3.8, 4) is 0 Å². The van der Waals surface area contributed by atoms with Gasteiger partial charge in [0, 0.05) is 0 Å². The zero-order valence-corrected chi connectivity index (χ0v) is 19.7. The number of rotatable bonds is 21. The zero-order valence-electron chi connectivity index (χ0n) is 19.7. The van der Waals surface area contributed by atoms with Crippen LogP contribution in [0, 0.1) is 5.41 Å². The highest BCUT2D eigenvalue weighted by Gasteiger charge is 2.35. The van der Waals surface area contributed by atoms with Crippen molar-refractivity contribution in [2.24, 2.45) is 5.41 Å². The minimum atomic E-state index is -0.0738. The molecular formula is C26H54O. The van der Waals surface area contributed by atoms with Crippen LogP contribution in [-0.2, 0) is 0 Å². The maximum Gasteiger partial charge on any atom is 0.0596 e. The largest absolute Gasteiger partial charge is 0.393 e. The van der Waals surface area contributed by atoms with E-state index < -0.39 is 0 Å². The first-order valence-electron chi connectivity index (χ1n) is 12.8. The zero-order chi connectivity index (χ0) is 20.2. The molecule has 0 bridgehead atoms. The lowest BCUT2D eigenvalue weighted by Crippen LogP contribution is -2.35. The monoisotopic (exact) mass is 382 g/mol. The van der Waals surface area contributed by atoms with Gasteiger partial charge in [0.15, 0.2) is 0 Å². The normalized spacial score (nSPS) is 13.2. The molecule has 0 spiro atoms. The molecule has 0 amide bonds. The summed E-state index contributed by atoms with van der Waals surface area (Å²) in [5.74, 6) is 0. The number of aliphatic hydroxyl groups excluding tert-OH is 1. The van der Waals surface area contributed by atoms with Gasteiger partial charge in [0.2, 0.25) is 0 Å². The molecule has 0 saturated heterocycles. The van der Waals surface area contributed by atoms with Crippen molar-refractivity contribution < 1.29 is 5.11 Å². The lowest BCUT2D eigenvalue weighted by molar-refractivity contribution is -0.00763. The summed E-state index contributed by atoms with van der Waals surface area (Å²) in [7, 11) is 0. The molecule has 0 aromatic heterocycles. The molecule has 27 heavy (non-hydrogen) atoms. The average molecular weight is 383 g/mol. The Morgan fingerprint density at radius 1 is 0.481 bits per heavy atom. The van der Waals surface area contributed by atoms with Crippen LogP contribution in [-0.4, -0.2) is 11.2 Å². The van der Waals surface area contributed by atoms with E-state index in [0.717, 1.165) is 6.42 Å². The number of unbranched alkanes of at least 4 members (excludes halogenated alkanes) is 12. The van der Waals surface area contributed by atoms with Gasteiger partial charge in [0.05, 0.1) is 6.10 Å². The molecular weight excluding hydrogens is 328 g/mol. The highest BCUT2D eigenvalue weighted by molar-refractivity contribution is 4.86. The molecule has 0 saturated carbocycles. The minimum absolute atomic E-state index is 0.0738. The third-order valence-corrected chi connectivity index (χ3v) is 6.59. The SMILES string of the molecule is CCCCCCCCC(CCC)(CCCCCCCC)C(O)CCCCC. The quantitative estimate of drug-likeness (QED) is 0.196. The summed E-state index contributed by atoms with van der Waals surface area (Å²) >= 11 is 0. The van der Waals surface area contributed by atoms with E-state index in [2.05, 4.69) is 27.7 Å². The third-order valence-electron chi connectivity index (χ3n) is 6.59. The number of hydrogen-bond donors (Lipinski definition) is 1. The molecule has 0 aromatic rings. The first-order valence-corrected chi connectivity index (χ1v) is 12.8. The lowest BCUT2D eigenvalue weighted by atomic mass is 9.69. The van der Waals surface area contributed by atoms with Crippen LogP contribution in [0.3, 0.4) is 0 Å². The van der Waals surface area contributed by atoms with E-state index in [1.165, 1.54) is 122 Å². The molecule has 0 fully saturated rings. The van der Waals surface area contributed by atoms with Gasteiger partial charge in [0.25, 0.3) is 0 Å². The summed E-state index contributed by atoms with van der Waals surface area (Å²) in [6.45, 7) is 9.16. The Morgan fingerprint density at radius 2 is 0.889 bits per heavy atom. The molecule has 0 heterocycles. The molecule has 164 valence electrons. The van der Waals surface area contributed by atoms with Crippen molar-refractivity contribution in [2.75, 3.05) is 0 Å². The van der Waals surface area contributed by atoms with Crippen LogP contribution in [0.1, 0.15) is 156 Å². The topological polar surface area (TPSA) is 20.2 Å². The summed E-state index contributed by atoms with van der Waals surface area (Å²) < 4.78 is 0. The van der Waals surface area contributed by atoms with Gasteiger partial charge in [0.1, 0.15) is 0 Å². The second-order valence-electron chi connectivity index (χ2n) is 9.16. The molecule has 0 radical (unpaired) electrons. The van der Waals surface area contributed by atoms with Crippen molar-refractivity contribution in [1.29, 1.82) is 0 Å². The van der Waals surface area contributed by atoms with E-state index in [4.69, 9.17) is 0 Å². The van der Waals surface area contributed by atoms with Crippen LogP contribution >= 0.6 is 0 Å². The van der Waals surface area contributed by atoms with Crippen LogP contribution in [0.2, 0.25) is 0 Å². The van der Waals surface area contributed by atoms with Gasteiger partial charge in [-0.05, 0) is 31.1 Å². The fourth-order valence-corrected chi connectivity index (χ4v) is 4.78. The molecule has 1 unspecified atom stereocenters. The smallest absolute Gasteiger partial charge is 0.0596 e. The molecule has 0 aliphatic carbocycles. The molecule has 1 heteroatoms. The van der Waals surface area contributed by atoms with Crippen molar-refractivity contribution in [2.45, 2.75) is 162 Å². The van der Waals surface area contributed by atoms with E-state index in [1.54, 1.807) is 0 Å². The van der Waals surface area contributed by atoms with E-state index in [9.17, 15) is 5.11 Å². The van der Waals surface area contributed by atoms with Gasteiger partial charge in [-0.25, -0.2) is 0 Å². The van der Waals surface area contributed by atoms with Crippen molar-refractivity contribution in [1.82, 2.24) is 0 Å². The lowest BCUT2D eigenvalue weighted by Gasteiger charge is -2.39. The summed E-state index contributed by atoms with van der Waals surface area (Å²) in [5, 5.41) is 11.2. The maximum atomic E-state index is 11.2. The second-order valence-corrected chi connectivity index (χ2v) is 9.16. The van der Waals surface area contributed by atoms with E-state index >= 15 is 0 Å². The first-order chi connectivity index (χ1) is 13.2. The molecule has 0 aliphatic rings. The van der Waals surface area contributed by atoms with Crippen molar-refractivity contribution in [3.05, 3.63) is 0 Å². The molecule has 1 atom stereocenters. The molecule has 0 aromatic carbocycles. The third kappa shape index (κ3) is 13.7. The molecule has 0 rings (SSSR count). The standard InChI is InChI=1S/C26H54O/c1-5-9-12-14-16-19-23-26(22-8-4,25(27)21-18-11-7-3)24-20-17-15-13-10-6-2/h25,27H,5-24H2,1-4H3. The minimum Gasteiger partial charge on any atom is -0.393 e. The van der Waals surface area contributed by atoms with Crippen LogP contribution in [0.25, 0.3) is 0 Å². The maximum absolute atomic E-state index is 11.2. The van der Waals surface area contributed by atoms with Gasteiger partial charge in [-0.2, -0.15) is 0 Å². The average Bonchev–Trinajstić information content (AvgIpc) is 2.67.